The molecule has 2 heteroatoms. The summed E-state index contributed by atoms with van der Waals surface area (Å²) in [4.78, 5) is 1.09. The van der Waals surface area contributed by atoms with Crippen molar-refractivity contribution in [1.82, 2.24) is 0 Å². The van der Waals surface area contributed by atoms with E-state index in [0.29, 0.717) is 5.94 Å². The standard InChI is InChI=1S/C7H8OS.C2H6/c1-3-6-7(4-2)9-5-8-6;1-2/h3-4H,1-2,5H2;1-2H3. The van der Waals surface area contributed by atoms with Crippen LogP contribution in [0.3, 0.4) is 0 Å². The Hall–Kier alpha value is -0.630. The van der Waals surface area contributed by atoms with Crippen LogP contribution in [0.15, 0.2) is 36.0 Å². The topological polar surface area (TPSA) is 9.23 Å². The molecule has 1 aliphatic rings. The van der Waals surface area contributed by atoms with E-state index < -0.39 is 0 Å². The smallest absolute Gasteiger partial charge is 0.138 e. The minimum Gasteiger partial charge on any atom is -0.481 e. The van der Waals surface area contributed by atoms with Crippen molar-refractivity contribution >= 4 is 11.8 Å². The van der Waals surface area contributed by atoms with Crippen LogP contribution in [0.4, 0.5) is 0 Å². The summed E-state index contributed by atoms with van der Waals surface area (Å²) >= 11 is 1.64. The van der Waals surface area contributed by atoms with Gasteiger partial charge in [-0.3, -0.25) is 0 Å². The Labute approximate surface area is 72.8 Å². The van der Waals surface area contributed by atoms with Gasteiger partial charge in [-0.2, -0.15) is 0 Å². The fraction of sp³-hybridized carbons (Fsp3) is 0.333. The number of allylic oxidation sites excluding steroid dienone is 2. The second kappa shape index (κ2) is 6.10. The number of hydrogen-bond acceptors (Lipinski definition) is 2. The summed E-state index contributed by atoms with van der Waals surface area (Å²) in [5.41, 5.74) is 0. The Kier molecular flexibility index (Phi) is 5.75. The van der Waals surface area contributed by atoms with Crippen molar-refractivity contribution < 1.29 is 4.74 Å². The maximum Gasteiger partial charge on any atom is 0.138 e. The first-order chi connectivity index (χ1) is 5.38. The van der Waals surface area contributed by atoms with E-state index in [0.717, 1.165) is 10.7 Å². The van der Waals surface area contributed by atoms with Crippen LogP contribution >= 0.6 is 11.8 Å². The lowest BCUT2D eigenvalue weighted by Crippen LogP contribution is -1.77. The highest BCUT2D eigenvalue weighted by Gasteiger charge is 2.09. The second-order valence-electron chi connectivity index (χ2n) is 1.54. The van der Waals surface area contributed by atoms with Gasteiger partial charge in [-0.05, 0) is 6.08 Å². The molecular weight excluding hydrogens is 156 g/mol. The van der Waals surface area contributed by atoms with E-state index in [1.54, 1.807) is 23.9 Å². The molecule has 0 aromatic carbocycles. The summed E-state index contributed by atoms with van der Waals surface area (Å²) in [5, 5.41) is 0. The van der Waals surface area contributed by atoms with E-state index in [-0.39, 0.29) is 0 Å². The van der Waals surface area contributed by atoms with Gasteiger partial charge in [-0.1, -0.05) is 44.8 Å². The molecule has 0 unspecified atom stereocenters. The van der Waals surface area contributed by atoms with E-state index in [1.165, 1.54) is 0 Å². The first-order valence-electron chi connectivity index (χ1n) is 3.63. The van der Waals surface area contributed by atoms with E-state index >= 15 is 0 Å². The average Bonchev–Trinajstić information content (AvgIpc) is 2.54. The average molecular weight is 170 g/mol. The lowest BCUT2D eigenvalue weighted by molar-refractivity contribution is 0.295. The Morgan fingerprint density at radius 3 is 2.36 bits per heavy atom. The molecule has 0 aromatic rings. The summed E-state index contributed by atoms with van der Waals surface area (Å²) in [5.74, 6) is 1.55. The van der Waals surface area contributed by atoms with Crippen molar-refractivity contribution in [2.75, 3.05) is 5.94 Å². The molecule has 0 aromatic heterocycles. The highest BCUT2D eigenvalue weighted by atomic mass is 32.2. The predicted octanol–water partition coefficient (Wildman–Crippen LogP) is 3.32. The van der Waals surface area contributed by atoms with Crippen molar-refractivity contribution in [3.63, 3.8) is 0 Å². The summed E-state index contributed by atoms with van der Waals surface area (Å²) in [6.07, 6.45) is 3.49. The molecule has 11 heavy (non-hydrogen) atoms. The van der Waals surface area contributed by atoms with Gasteiger partial charge >= 0.3 is 0 Å². The molecule has 0 aliphatic carbocycles. The lowest BCUT2D eigenvalue weighted by atomic mass is 10.4. The third-order valence-electron chi connectivity index (χ3n) is 1.04. The predicted molar refractivity (Wildman–Crippen MR) is 52.3 cm³/mol. The van der Waals surface area contributed by atoms with Gasteiger partial charge in [0.1, 0.15) is 11.7 Å². The van der Waals surface area contributed by atoms with Gasteiger partial charge < -0.3 is 4.74 Å². The van der Waals surface area contributed by atoms with E-state index in [2.05, 4.69) is 13.2 Å². The molecule has 0 bridgehead atoms. The molecule has 1 heterocycles. The monoisotopic (exact) mass is 170 g/mol. The van der Waals surface area contributed by atoms with Crippen LogP contribution < -0.4 is 0 Å². The van der Waals surface area contributed by atoms with E-state index in [4.69, 9.17) is 4.74 Å². The number of thioether (sulfide) groups is 1. The van der Waals surface area contributed by atoms with Crippen molar-refractivity contribution in [2.24, 2.45) is 0 Å². The molecule has 0 spiro atoms. The van der Waals surface area contributed by atoms with Crippen molar-refractivity contribution in [3.05, 3.63) is 36.0 Å². The van der Waals surface area contributed by atoms with Crippen LogP contribution in [0.1, 0.15) is 13.8 Å². The highest BCUT2D eigenvalue weighted by molar-refractivity contribution is 8.03. The normalized spacial score (nSPS) is 14.7. The zero-order valence-electron chi connectivity index (χ0n) is 7.09. The van der Waals surface area contributed by atoms with Gasteiger partial charge in [0.15, 0.2) is 0 Å². The van der Waals surface area contributed by atoms with Crippen LogP contribution in [0, 0.1) is 0 Å². The Balaban J connectivity index is 0.000000461. The zero-order chi connectivity index (χ0) is 8.69. The van der Waals surface area contributed by atoms with Crippen LogP contribution in [0.25, 0.3) is 0 Å². The summed E-state index contributed by atoms with van der Waals surface area (Å²) in [6, 6.07) is 0. The third kappa shape index (κ3) is 2.85. The molecule has 1 rings (SSSR count). The van der Waals surface area contributed by atoms with Gasteiger partial charge in [0, 0.05) is 0 Å². The van der Waals surface area contributed by atoms with E-state index in [9.17, 15) is 0 Å². The maximum absolute atomic E-state index is 5.16. The largest absolute Gasteiger partial charge is 0.481 e. The Bertz CT molecular complexity index is 152. The van der Waals surface area contributed by atoms with Gasteiger partial charge in [-0.15, -0.1) is 0 Å². The minimum absolute atomic E-state index is 0.697. The summed E-state index contributed by atoms with van der Waals surface area (Å²) < 4.78 is 5.16. The van der Waals surface area contributed by atoms with E-state index in [1.807, 2.05) is 13.8 Å². The first kappa shape index (κ1) is 10.4. The number of hydrogen-bond donors (Lipinski definition) is 0. The number of rotatable bonds is 2. The molecule has 1 nitrogen and oxygen atoms in total. The highest BCUT2D eigenvalue weighted by Crippen LogP contribution is 2.29. The molecule has 62 valence electrons. The molecular formula is C9H14OS. The molecule has 0 saturated heterocycles. The first-order valence-corrected chi connectivity index (χ1v) is 4.62. The fourth-order valence-corrected chi connectivity index (χ4v) is 1.33. The molecule has 0 amide bonds. The molecule has 0 saturated carbocycles. The zero-order valence-corrected chi connectivity index (χ0v) is 7.91. The summed E-state index contributed by atoms with van der Waals surface area (Å²) in [7, 11) is 0. The van der Waals surface area contributed by atoms with Crippen molar-refractivity contribution in [3.8, 4) is 0 Å². The van der Waals surface area contributed by atoms with Crippen LogP contribution in [-0.4, -0.2) is 5.94 Å². The second-order valence-corrected chi connectivity index (χ2v) is 2.51. The molecule has 0 radical (unpaired) electrons. The summed E-state index contributed by atoms with van der Waals surface area (Å²) in [6.45, 7) is 11.2. The van der Waals surface area contributed by atoms with Crippen molar-refractivity contribution in [1.29, 1.82) is 0 Å². The molecule has 0 atom stereocenters. The SMILES string of the molecule is C=CC1=C(C=C)SCO1.CC. The van der Waals surface area contributed by atoms with Crippen LogP contribution in [-0.2, 0) is 4.74 Å². The van der Waals surface area contributed by atoms with Gasteiger partial charge in [0.2, 0.25) is 0 Å². The van der Waals surface area contributed by atoms with Crippen molar-refractivity contribution in [2.45, 2.75) is 13.8 Å². The van der Waals surface area contributed by atoms with Crippen LogP contribution in [0.2, 0.25) is 0 Å². The minimum atomic E-state index is 0.697. The maximum atomic E-state index is 5.16. The Morgan fingerprint density at radius 2 is 2.00 bits per heavy atom. The third-order valence-corrected chi connectivity index (χ3v) is 1.96. The van der Waals surface area contributed by atoms with Gasteiger partial charge in [-0.25, -0.2) is 0 Å². The molecule has 0 fully saturated rings. The molecule has 0 N–H and O–H groups in total. The number of ether oxygens (including phenoxy) is 1. The Morgan fingerprint density at radius 1 is 1.36 bits per heavy atom. The van der Waals surface area contributed by atoms with Gasteiger partial charge in [0.05, 0.1) is 4.91 Å². The quantitative estimate of drug-likeness (QED) is 0.628. The molecule has 1 aliphatic heterocycles. The lowest BCUT2D eigenvalue weighted by Gasteiger charge is -1.91. The fourth-order valence-electron chi connectivity index (χ4n) is 0.618. The van der Waals surface area contributed by atoms with Gasteiger partial charge in [0.25, 0.3) is 0 Å². The van der Waals surface area contributed by atoms with Crippen LogP contribution in [0.5, 0.6) is 0 Å².